The van der Waals surface area contributed by atoms with Crippen LogP contribution in [-0.2, 0) is 4.79 Å². The van der Waals surface area contributed by atoms with Crippen molar-refractivity contribution in [2.24, 2.45) is 0 Å². The summed E-state index contributed by atoms with van der Waals surface area (Å²) in [4.78, 5) is 30.7. The molecular weight excluding hydrogens is 320 g/mol. The molecule has 1 fully saturated rings. The number of rotatable bonds is 4. The molecule has 7 nitrogen and oxygen atoms in total. The SMILES string of the molecule is CN(C)c1cnccc1C(=O)NCC(=O)N1CC(F)(F)C[C@H]1C#N. The van der Waals surface area contributed by atoms with Crippen LogP contribution >= 0.6 is 0 Å². The second-order valence-electron chi connectivity index (χ2n) is 5.70. The van der Waals surface area contributed by atoms with E-state index in [1.54, 1.807) is 25.1 Å². The first-order chi connectivity index (χ1) is 11.2. The predicted octanol–water partition coefficient (Wildman–Crippen LogP) is 0.637. The van der Waals surface area contributed by atoms with Crippen LogP contribution in [0.1, 0.15) is 16.8 Å². The number of amides is 2. The number of likely N-dealkylation sites (tertiary alicyclic amines) is 1. The molecule has 0 unspecified atom stereocenters. The van der Waals surface area contributed by atoms with Gasteiger partial charge in [0.2, 0.25) is 5.91 Å². The summed E-state index contributed by atoms with van der Waals surface area (Å²) in [5.41, 5.74) is 0.872. The van der Waals surface area contributed by atoms with E-state index in [1.165, 1.54) is 18.5 Å². The summed E-state index contributed by atoms with van der Waals surface area (Å²) in [5.74, 6) is -4.31. The Bertz CT molecular complexity index is 687. The summed E-state index contributed by atoms with van der Waals surface area (Å²) >= 11 is 0. The minimum atomic E-state index is -3.08. The molecule has 0 aliphatic carbocycles. The number of nitrogens with zero attached hydrogens (tertiary/aromatic N) is 4. The number of nitriles is 1. The number of carbonyl (C=O) groups is 2. The molecule has 0 spiro atoms. The van der Waals surface area contributed by atoms with Crippen LogP contribution in [0.15, 0.2) is 18.5 Å². The van der Waals surface area contributed by atoms with Crippen molar-refractivity contribution in [3.63, 3.8) is 0 Å². The second kappa shape index (κ2) is 6.78. The summed E-state index contributed by atoms with van der Waals surface area (Å²) in [5, 5.41) is 11.3. The Labute approximate surface area is 137 Å². The Morgan fingerprint density at radius 1 is 1.54 bits per heavy atom. The highest BCUT2D eigenvalue weighted by Gasteiger charge is 2.47. The van der Waals surface area contributed by atoms with Crippen LogP contribution in [0.5, 0.6) is 0 Å². The first-order valence-corrected chi connectivity index (χ1v) is 7.21. The van der Waals surface area contributed by atoms with Crippen molar-refractivity contribution in [3.8, 4) is 6.07 Å². The van der Waals surface area contributed by atoms with Gasteiger partial charge >= 0.3 is 0 Å². The highest BCUT2D eigenvalue weighted by Crippen LogP contribution is 2.31. The van der Waals surface area contributed by atoms with Crippen LogP contribution in [0.2, 0.25) is 0 Å². The number of carbonyl (C=O) groups excluding carboxylic acids is 2. The molecule has 1 atom stereocenters. The van der Waals surface area contributed by atoms with Crippen LogP contribution in [0, 0.1) is 11.3 Å². The maximum Gasteiger partial charge on any atom is 0.268 e. The molecule has 9 heteroatoms. The van der Waals surface area contributed by atoms with Gasteiger partial charge in [-0.1, -0.05) is 0 Å². The number of hydrogen-bond donors (Lipinski definition) is 1. The van der Waals surface area contributed by atoms with Crippen LogP contribution < -0.4 is 10.2 Å². The Morgan fingerprint density at radius 3 is 2.88 bits per heavy atom. The van der Waals surface area contributed by atoms with Gasteiger partial charge in [0.25, 0.3) is 11.8 Å². The van der Waals surface area contributed by atoms with Crippen molar-refractivity contribution in [3.05, 3.63) is 24.0 Å². The molecule has 0 radical (unpaired) electrons. The maximum atomic E-state index is 13.4. The van der Waals surface area contributed by atoms with Gasteiger partial charge in [-0.3, -0.25) is 14.6 Å². The zero-order valence-corrected chi connectivity index (χ0v) is 13.3. The van der Waals surface area contributed by atoms with Crippen molar-refractivity contribution in [1.29, 1.82) is 5.26 Å². The average molecular weight is 337 g/mol. The Kier molecular flexibility index (Phi) is 4.97. The molecule has 0 bridgehead atoms. The molecule has 1 aliphatic heterocycles. The summed E-state index contributed by atoms with van der Waals surface area (Å²) in [7, 11) is 3.48. The standard InChI is InChI=1S/C15H17F2N5O2/c1-21(2)12-7-19-4-3-11(12)14(24)20-8-13(23)22-9-15(16,17)5-10(22)6-18/h3-4,7,10H,5,8-9H2,1-2H3,(H,20,24)/t10-/m0/s1. The summed E-state index contributed by atoms with van der Waals surface area (Å²) in [6.07, 6.45) is 2.26. The molecule has 1 N–H and O–H groups in total. The van der Waals surface area contributed by atoms with E-state index in [2.05, 4.69) is 10.3 Å². The van der Waals surface area contributed by atoms with E-state index in [4.69, 9.17) is 5.26 Å². The average Bonchev–Trinajstić information content (AvgIpc) is 2.87. The fourth-order valence-electron chi connectivity index (χ4n) is 2.48. The van der Waals surface area contributed by atoms with E-state index in [9.17, 15) is 18.4 Å². The number of aromatic nitrogens is 1. The van der Waals surface area contributed by atoms with Crippen molar-refractivity contribution in [2.75, 3.05) is 32.1 Å². The smallest absolute Gasteiger partial charge is 0.268 e. The maximum absolute atomic E-state index is 13.4. The van der Waals surface area contributed by atoms with Gasteiger partial charge in [-0.05, 0) is 6.07 Å². The van der Waals surface area contributed by atoms with E-state index >= 15 is 0 Å². The number of nitrogens with one attached hydrogen (secondary N) is 1. The lowest BCUT2D eigenvalue weighted by atomic mass is 10.2. The van der Waals surface area contributed by atoms with Crippen LogP contribution in [0.3, 0.4) is 0 Å². The Balaban J connectivity index is 2.02. The van der Waals surface area contributed by atoms with Gasteiger partial charge < -0.3 is 15.1 Å². The van der Waals surface area contributed by atoms with Gasteiger partial charge in [0.1, 0.15) is 6.04 Å². The van der Waals surface area contributed by atoms with E-state index in [0.29, 0.717) is 11.3 Å². The topological polar surface area (TPSA) is 89.3 Å². The quantitative estimate of drug-likeness (QED) is 0.871. The molecular formula is C15H17F2N5O2. The molecule has 0 saturated carbocycles. The molecule has 1 aliphatic rings. The third kappa shape index (κ3) is 3.76. The summed E-state index contributed by atoms with van der Waals surface area (Å²) < 4.78 is 26.7. The van der Waals surface area contributed by atoms with Crippen molar-refractivity contribution in [1.82, 2.24) is 15.2 Å². The summed E-state index contributed by atoms with van der Waals surface area (Å²) in [6, 6.07) is 2.01. The van der Waals surface area contributed by atoms with Crippen molar-refractivity contribution < 1.29 is 18.4 Å². The molecule has 24 heavy (non-hydrogen) atoms. The predicted molar refractivity (Wildman–Crippen MR) is 81.6 cm³/mol. The van der Waals surface area contributed by atoms with Crippen LogP contribution in [-0.4, -0.2) is 60.8 Å². The lowest BCUT2D eigenvalue weighted by Crippen LogP contribution is -2.43. The molecule has 0 aromatic carbocycles. The number of alkyl halides is 2. The van der Waals surface area contributed by atoms with Gasteiger partial charge in [0.05, 0.1) is 36.6 Å². The fourth-order valence-corrected chi connectivity index (χ4v) is 2.48. The molecule has 2 rings (SSSR count). The van der Waals surface area contributed by atoms with Gasteiger partial charge in [0.15, 0.2) is 0 Å². The molecule has 2 heterocycles. The Hall–Kier alpha value is -2.76. The molecule has 1 aromatic heterocycles. The van der Waals surface area contributed by atoms with Gasteiger partial charge in [0, 0.05) is 26.7 Å². The zero-order chi connectivity index (χ0) is 17.9. The van der Waals surface area contributed by atoms with Gasteiger partial charge in [-0.25, -0.2) is 8.78 Å². The van der Waals surface area contributed by atoms with E-state index in [1.807, 2.05) is 0 Å². The minimum absolute atomic E-state index is 0.311. The summed E-state index contributed by atoms with van der Waals surface area (Å²) in [6.45, 7) is -1.26. The monoisotopic (exact) mass is 337 g/mol. The van der Waals surface area contributed by atoms with Crippen LogP contribution in [0.4, 0.5) is 14.5 Å². The molecule has 128 valence electrons. The third-order valence-electron chi connectivity index (χ3n) is 3.67. The van der Waals surface area contributed by atoms with Crippen molar-refractivity contribution >= 4 is 17.5 Å². The molecule has 1 saturated heterocycles. The number of pyridine rings is 1. The minimum Gasteiger partial charge on any atom is -0.376 e. The zero-order valence-electron chi connectivity index (χ0n) is 13.3. The van der Waals surface area contributed by atoms with Crippen molar-refractivity contribution in [2.45, 2.75) is 18.4 Å². The van der Waals surface area contributed by atoms with E-state index in [-0.39, 0.29) is 0 Å². The number of halogens is 2. The molecule has 1 aromatic rings. The normalized spacial score (nSPS) is 18.8. The number of hydrogen-bond acceptors (Lipinski definition) is 5. The van der Waals surface area contributed by atoms with Crippen LogP contribution in [0.25, 0.3) is 0 Å². The fraction of sp³-hybridized carbons (Fsp3) is 0.467. The largest absolute Gasteiger partial charge is 0.376 e. The second-order valence-corrected chi connectivity index (χ2v) is 5.70. The highest BCUT2D eigenvalue weighted by molar-refractivity contribution is 6.01. The first kappa shape index (κ1) is 17.6. The highest BCUT2D eigenvalue weighted by atomic mass is 19.3. The van der Waals surface area contributed by atoms with E-state index in [0.717, 1.165) is 4.90 Å². The lowest BCUT2D eigenvalue weighted by Gasteiger charge is -2.20. The molecule has 2 amide bonds. The lowest BCUT2D eigenvalue weighted by molar-refractivity contribution is -0.131. The van der Waals surface area contributed by atoms with E-state index < -0.39 is 43.3 Å². The van der Waals surface area contributed by atoms with Gasteiger partial charge in [-0.2, -0.15) is 5.26 Å². The third-order valence-corrected chi connectivity index (χ3v) is 3.67. The van der Waals surface area contributed by atoms with Gasteiger partial charge in [-0.15, -0.1) is 0 Å². The number of anilines is 1. The first-order valence-electron chi connectivity index (χ1n) is 7.21. The Morgan fingerprint density at radius 2 is 2.25 bits per heavy atom.